The molecule has 0 spiro atoms. The minimum atomic E-state index is 0.0626. The first-order chi connectivity index (χ1) is 10.1. The summed E-state index contributed by atoms with van der Waals surface area (Å²) >= 11 is 7.00. The Hall–Kier alpha value is -0.980. The zero-order valence-electron chi connectivity index (χ0n) is 12.6. The van der Waals surface area contributed by atoms with Gasteiger partial charge in [0.15, 0.2) is 4.77 Å². The summed E-state index contributed by atoms with van der Waals surface area (Å²) in [5.74, 6) is 0. The molecule has 1 aliphatic rings. The van der Waals surface area contributed by atoms with E-state index in [2.05, 4.69) is 9.88 Å². The Balaban J connectivity index is 1.92. The van der Waals surface area contributed by atoms with Crippen LogP contribution in [0, 0.1) is 18.6 Å². The molecule has 0 aliphatic carbocycles. The van der Waals surface area contributed by atoms with Crippen molar-refractivity contribution in [2.45, 2.75) is 39.7 Å². The summed E-state index contributed by atoms with van der Waals surface area (Å²) in [6, 6.07) is 0. The Morgan fingerprint density at radius 2 is 1.90 bits per heavy atom. The molecule has 0 aromatic carbocycles. The van der Waals surface area contributed by atoms with E-state index >= 15 is 0 Å². The minimum Gasteiger partial charge on any atom is -0.323 e. The SMILES string of the molecule is Cc1sc2[nH]c(=S)n(CCN3CCCCC3)c(=O)c2c1C. The zero-order valence-corrected chi connectivity index (χ0v) is 14.2. The predicted octanol–water partition coefficient (Wildman–Crippen LogP) is 3.22. The van der Waals surface area contributed by atoms with Gasteiger partial charge in [0.1, 0.15) is 4.83 Å². The van der Waals surface area contributed by atoms with E-state index in [-0.39, 0.29) is 5.56 Å². The number of H-pyrrole nitrogens is 1. The van der Waals surface area contributed by atoms with E-state index in [1.807, 2.05) is 13.8 Å². The molecular weight excluding hydrogens is 302 g/mol. The molecule has 0 atom stereocenters. The molecule has 0 saturated carbocycles. The van der Waals surface area contributed by atoms with Crippen molar-refractivity contribution in [1.82, 2.24) is 14.5 Å². The molecule has 1 aliphatic heterocycles. The Morgan fingerprint density at radius 3 is 2.62 bits per heavy atom. The largest absolute Gasteiger partial charge is 0.323 e. The minimum absolute atomic E-state index is 0.0626. The molecule has 0 bridgehead atoms. The molecule has 114 valence electrons. The maximum atomic E-state index is 12.7. The molecule has 1 saturated heterocycles. The van der Waals surface area contributed by atoms with Crippen LogP contribution in [0.5, 0.6) is 0 Å². The number of thiophene rings is 1. The molecule has 0 amide bonds. The molecule has 1 fully saturated rings. The van der Waals surface area contributed by atoms with E-state index in [9.17, 15) is 4.79 Å². The lowest BCUT2D eigenvalue weighted by Gasteiger charge is -2.26. The van der Waals surface area contributed by atoms with Crippen molar-refractivity contribution in [3.63, 3.8) is 0 Å². The third-order valence-corrected chi connectivity index (χ3v) is 5.84. The van der Waals surface area contributed by atoms with Gasteiger partial charge in [-0.25, -0.2) is 0 Å². The average Bonchev–Trinajstić information content (AvgIpc) is 2.74. The van der Waals surface area contributed by atoms with Crippen LogP contribution in [0.1, 0.15) is 29.7 Å². The molecular formula is C15H21N3OS2. The van der Waals surface area contributed by atoms with E-state index < -0.39 is 0 Å². The van der Waals surface area contributed by atoms with Gasteiger partial charge in [0.2, 0.25) is 0 Å². The van der Waals surface area contributed by atoms with Crippen LogP contribution in [0.4, 0.5) is 0 Å². The van der Waals surface area contributed by atoms with E-state index in [4.69, 9.17) is 12.2 Å². The summed E-state index contributed by atoms with van der Waals surface area (Å²) in [4.78, 5) is 20.5. The van der Waals surface area contributed by atoms with E-state index in [0.717, 1.165) is 35.4 Å². The van der Waals surface area contributed by atoms with Crippen LogP contribution in [0.2, 0.25) is 0 Å². The van der Waals surface area contributed by atoms with Crippen LogP contribution < -0.4 is 5.56 Å². The molecule has 6 heteroatoms. The third-order valence-electron chi connectivity index (χ3n) is 4.40. The summed E-state index contributed by atoms with van der Waals surface area (Å²) in [5, 5.41) is 0.810. The van der Waals surface area contributed by atoms with Crippen LogP contribution in [0.3, 0.4) is 0 Å². The number of aryl methyl sites for hydroxylation is 2. The van der Waals surface area contributed by atoms with Crippen molar-refractivity contribution >= 4 is 33.8 Å². The first kappa shape index (κ1) is 14.9. The summed E-state index contributed by atoms with van der Waals surface area (Å²) in [6.07, 6.45) is 3.86. The van der Waals surface area contributed by atoms with Crippen molar-refractivity contribution in [1.29, 1.82) is 0 Å². The van der Waals surface area contributed by atoms with Gasteiger partial charge in [0.05, 0.1) is 5.39 Å². The lowest BCUT2D eigenvalue weighted by atomic mass is 10.1. The Bertz CT molecular complexity index is 766. The fourth-order valence-corrected chi connectivity index (χ4v) is 4.38. The number of aromatic nitrogens is 2. The molecule has 4 nitrogen and oxygen atoms in total. The van der Waals surface area contributed by atoms with Gasteiger partial charge in [0.25, 0.3) is 5.56 Å². The molecule has 1 N–H and O–H groups in total. The first-order valence-electron chi connectivity index (χ1n) is 7.53. The van der Waals surface area contributed by atoms with E-state index in [1.54, 1.807) is 15.9 Å². The molecule has 21 heavy (non-hydrogen) atoms. The predicted molar refractivity (Wildman–Crippen MR) is 91.0 cm³/mol. The van der Waals surface area contributed by atoms with Gasteiger partial charge in [-0.2, -0.15) is 0 Å². The van der Waals surface area contributed by atoms with Gasteiger partial charge in [-0.15, -0.1) is 11.3 Å². The molecule has 0 unspecified atom stereocenters. The maximum Gasteiger partial charge on any atom is 0.263 e. The number of rotatable bonds is 3. The second kappa shape index (κ2) is 6.02. The zero-order chi connectivity index (χ0) is 15.0. The average molecular weight is 323 g/mol. The molecule has 3 heterocycles. The number of fused-ring (bicyclic) bond motifs is 1. The topological polar surface area (TPSA) is 41.0 Å². The number of hydrogen-bond acceptors (Lipinski definition) is 4. The third kappa shape index (κ3) is 2.84. The van der Waals surface area contributed by atoms with Gasteiger partial charge in [-0.1, -0.05) is 6.42 Å². The van der Waals surface area contributed by atoms with Crippen molar-refractivity contribution in [3.05, 3.63) is 25.6 Å². The first-order valence-corrected chi connectivity index (χ1v) is 8.75. The van der Waals surface area contributed by atoms with Crippen molar-refractivity contribution in [3.8, 4) is 0 Å². The van der Waals surface area contributed by atoms with Crippen molar-refractivity contribution in [2.75, 3.05) is 19.6 Å². The highest BCUT2D eigenvalue weighted by Crippen LogP contribution is 2.25. The maximum absolute atomic E-state index is 12.7. The monoisotopic (exact) mass is 323 g/mol. The lowest BCUT2D eigenvalue weighted by molar-refractivity contribution is 0.219. The smallest absolute Gasteiger partial charge is 0.263 e. The number of aromatic amines is 1. The summed E-state index contributed by atoms with van der Waals surface area (Å²) in [7, 11) is 0. The Kier molecular flexibility index (Phi) is 4.28. The summed E-state index contributed by atoms with van der Waals surface area (Å²) in [6.45, 7) is 7.94. The molecule has 0 radical (unpaired) electrons. The van der Waals surface area contributed by atoms with Crippen LogP contribution >= 0.6 is 23.6 Å². The van der Waals surface area contributed by atoms with Crippen LogP contribution in [0.15, 0.2) is 4.79 Å². The van der Waals surface area contributed by atoms with Crippen molar-refractivity contribution in [2.24, 2.45) is 0 Å². The number of likely N-dealkylation sites (tertiary alicyclic amines) is 1. The normalized spacial score (nSPS) is 16.7. The quantitative estimate of drug-likeness (QED) is 0.882. The molecule has 2 aromatic rings. The summed E-state index contributed by atoms with van der Waals surface area (Å²) in [5.41, 5.74) is 1.14. The van der Waals surface area contributed by atoms with Gasteiger partial charge >= 0.3 is 0 Å². The molecule has 3 rings (SSSR count). The number of piperidine rings is 1. The Labute approximate surface area is 133 Å². The van der Waals surface area contributed by atoms with Crippen LogP contribution in [-0.4, -0.2) is 34.1 Å². The Morgan fingerprint density at radius 1 is 1.19 bits per heavy atom. The van der Waals surface area contributed by atoms with Gasteiger partial charge in [0, 0.05) is 18.0 Å². The molecule has 2 aromatic heterocycles. The van der Waals surface area contributed by atoms with E-state index in [0.29, 0.717) is 11.3 Å². The fraction of sp³-hybridized carbons (Fsp3) is 0.600. The summed E-state index contributed by atoms with van der Waals surface area (Å²) < 4.78 is 2.27. The van der Waals surface area contributed by atoms with Gasteiger partial charge in [-0.05, 0) is 57.6 Å². The van der Waals surface area contributed by atoms with E-state index in [1.165, 1.54) is 24.1 Å². The van der Waals surface area contributed by atoms with Gasteiger partial charge in [-0.3, -0.25) is 9.36 Å². The second-order valence-electron chi connectivity index (χ2n) is 5.78. The number of nitrogens with zero attached hydrogens (tertiary/aromatic N) is 2. The highest BCUT2D eigenvalue weighted by Gasteiger charge is 2.14. The van der Waals surface area contributed by atoms with Crippen molar-refractivity contribution < 1.29 is 0 Å². The van der Waals surface area contributed by atoms with Crippen LogP contribution in [-0.2, 0) is 6.54 Å². The van der Waals surface area contributed by atoms with Gasteiger partial charge < -0.3 is 9.88 Å². The van der Waals surface area contributed by atoms with Crippen LogP contribution in [0.25, 0.3) is 10.2 Å². The second-order valence-corrected chi connectivity index (χ2v) is 7.39. The lowest BCUT2D eigenvalue weighted by Crippen LogP contribution is -2.35. The number of hydrogen-bond donors (Lipinski definition) is 1. The highest BCUT2D eigenvalue weighted by atomic mass is 32.1. The standard InChI is InChI=1S/C15H21N3OS2/c1-10-11(2)21-13-12(10)14(19)18(15(20)16-13)9-8-17-6-4-3-5-7-17/h3-9H2,1-2H3,(H,16,20). The fourth-order valence-electron chi connectivity index (χ4n) is 2.99. The number of nitrogens with one attached hydrogen (secondary N) is 1. The highest BCUT2D eigenvalue weighted by molar-refractivity contribution is 7.71.